The number of hydrogen-bond acceptors (Lipinski definition) is 4. The largest absolute Gasteiger partial charge is 0.481 e. The van der Waals surface area contributed by atoms with E-state index in [0.29, 0.717) is 0 Å². The van der Waals surface area contributed by atoms with Gasteiger partial charge in [-0.25, -0.2) is 0 Å². The van der Waals surface area contributed by atoms with Gasteiger partial charge in [0, 0.05) is 7.11 Å². The molecule has 1 rings (SSSR count). The van der Waals surface area contributed by atoms with Gasteiger partial charge in [0.15, 0.2) is 0 Å². The van der Waals surface area contributed by atoms with E-state index in [1.165, 1.54) is 0 Å². The van der Waals surface area contributed by atoms with Crippen LogP contribution in [0.4, 0.5) is 0 Å². The van der Waals surface area contributed by atoms with Crippen LogP contribution in [0.1, 0.15) is 19.3 Å². The molecule has 0 aromatic rings. The number of aliphatic hydroxyl groups is 1. The van der Waals surface area contributed by atoms with Gasteiger partial charge in [-0.05, 0) is 18.1 Å². The zero-order valence-corrected chi connectivity index (χ0v) is 11.4. The first-order valence-corrected chi connectivity index (χ1v) is 6.05. The van der Waals surface area contributed by atoms with Crippen LogP contribution in [0.25, 0.3) is 0 Å². The minimum atomic E-state index is -1.08. The van der Waals surface area contributed by atoms with Crippen molar-refractivity contribution in [2.45, 2.75) is 31.5 Å². The summed E-state index contributed by atoms with van der Waals surface area (Å²) in [7, 11) is 1.59. The molecule has 20 heavy (non-hydrogen) atoms. The van der Waals surface area contributed by atoms with Crippen LogP contribution in [0.5, 0.6) is 0 Å². The van der Waals surface area contributed by atoms with Crippen LogP contribution in [-0.4, -0.2) is 46.6 Å². The molecule has 2 atom stereocenters. The number of allylic oxidation sites excluding steroid dienone is 3. The molecule has 0 radical (unpaired) electrons. The summed E-state index contributed by atoms with van der Waals surface area (Å²) < 4.78 is 5.07. The van der Waals surface area contributed by atoms with Crippen molar-refractivity contribution in [3.8, 4) is 0 Å². The number of carboxylic acids is 2. The van der Waals surface area contributed by atoms with Gasteiger partial charge in [0.1, 0.15) is 12.2 Å². The molecule has 3 N–H and O–H groups in total. The van der Waals surface area contributed by atoms with Crippen molar-refractivity contribution in [1.82, 2.24) is 0 Å². The Morgan fingerprint density at radius 2 is 1.90 bits per heavy atom. The SMILES string of the molecule is C=CCC1=CC(OC)C(O)C=C1.O=C(O)CCC(=O)O. The van der Waals surface area contributed by atoms with Crippen LogP contribution in [-0.2, 0) is 14.3 Å². The number of methoxy groups -OCH3 is 1. The lowest BCUT2D eigenvalue weighted by Crippen LogP contribution is -2.26. The highest BCUT2D eigenvalue weighted by molar-refractivity contribution is 5.75. The van der Waals surface area contributed by atoms with Gasteiger partial charge in [-0.1, -0.05) is 18.2 Å². The molecule has 0 spiro atoms. The van der Waals surface area contributed by atoms with Crippen molar-refractivity contribution >= 4 is 11.9 Å². The molecule has 0 saturated heterocycles. The lowest BCUT2D eigenvalue weighted by atomic mass is 10.0. The molecule has 0 heterocycles. The lowest BCUT2D eigenvalue weighted by molar-refractivity contribution is -0.143. The van der Waals surface area contributed by atoms with E-state index in [-0.39, 0.29) is 18.9 Å². The molecule has 2 unspecified atom stereocenters. The van der Waals surface area contributed by atoms with E-state index >= 15 is 0 Å². The van der Waals surface area contributed by atoms with Crippen molar-refractivity contribution in [1.29, 1.82) is 0 Å². The Morgan fingerprint density at radius 3 is 2.30 bits per heavy atom. The normalized spacial score (nSPS) is 20.4. The first-order chi connectivity index (χ1) is 9.40. The fourth-order valence-electron chi connectivity index (χ4n) is 1.42. The highest BCUT2D eigenvalue weighted by Gasteiger charge is 2.16. The third-order valence-corrected chi connectivity index (χ3v) is 2.43. The summed E-state index contributed by atoms with van der Waals surface area (Å²) in [5.74, 6) is -2.15. The highest BCUT2D eigenvalue weighted by Crippen LogP contribution is 2.16. The highest BCUT2D eigenvalue weighted by atomic mass is 16.5. The summed E-state index contributed by atoms with van der Waals surface area (Å²) in [4.78, 5) is 19.3. The maximum atomic E-state index is 9.64. The van der Waals surface area contributed by atoms with Gasteiger partial charge >= 0.3 is 11.9 Å². The van der Waals surface area contributed by atoms with E-state index in [9.17, 15) is 14.7 Å². The quantitative estimate of drug-likeness (QED) is 0.636. The smallest absolute Gasteiger partial charge is 0.303 e. The molecule has 0 fully saturated rings. The third kappa shape index (κ3) is 8.23. The minimum Gasteiger partial charge on any atom is -0.481 e. The molecular weight excluding hydrogens is 264 g/mol. The summed E-state index contributed by atoms with van der Waals surface area (Å²) in [5.41, 5.74) is 1.14. The van der Waals surface area contributed by atoms with Gasteiger partial charge in [-0.15, -0.1) is 6.58 Å². The van der Waals surface area contributed by atoms with Crippen LogP contribution < -0.4 is 0 Å². The Labute approximate surface area is 117 Å². The van der Waals surface area contributed by atoms with Gasteiger partial charge in [-0.3, -0.25) is 9.59 Å². The molecule has 0 bridgehead atoms. The number of ether oxygens (including phenoxy) is 1. The van der Waals surface area contributed by atoms with Gasteiger partial charge in [0.25, 0.3) is 0 Å². The second-order valence-corrected chi connectivity index (χ2v) is 4.07. The van der Waals surface area contributed by atoms with Gasteiger partial charge in [0.05, 0.1) is 12.8 Å². The monoisotopic (exact) mass is 284 g/mol. The van der Waals surface area contributed by atoms with Crippen molar-refractivity contribution in [3.63, 3.8) is 0 Å². The van der Waals surface area contributed by atoms with E-state index in [0.717, 1.165) is 12.0 Å². The Balaban J connectivity index is 0.000000396. The molecule has 1 aliphatic carbocycles. The first kappa shape index (κ1) is 18.1. The van der Waals surface area contributed by atoms with E-state index < -0.39 is 18.0 Å². The summed E-state index contributed by atoms with van der Waals surface area (Å²) in [6.45, 7) is 3.65. The molecule has 0 aliphatic heterocycles. The van der Waals surface area contributed by atoms with Crippen molar-refractivity contribution in [2.75, 3.05) is 7.11 Å². The van der Waals surface area contributed by atoms with E-state index in [1.54, 1.807) is 13.2 Å². The van der Waals surface area contributed by atoms with E-state index in [1.807, 2.05) is 18.2 Å². The topological polar surface area (TPSA) is 104 Å². The number of rotatable bonds is 6. The molecule has 0 saturated carbocycles. The zero-order valence-electron chi connectivity index (χ0n) is 11.4. The van der Waals surface area contributed by atoms with Crippen LogP contribution >= 0.6 is 0 Å². The van der Waals surface area contributed by atoms with Crippen molar-refractivity contribution in [2.24, 2.45) is 0 Å². The predicted molar refractivity (Wildman–Crippen MR) is 73.3 cm³/mol. The second-order valence-electron chi connectivity index (χ2n) is 4.07. The van der Waals surface area contributed by atoms with Crippen LogP contribution in [0, 0.1) is 0 Å². The molecule has 0 amide bonds. The molecular formula is C14H20O6. The molecule has 112 valence electrons. The third-order valence-electron chi connectivity index (χ3n) is 2.43. The fraction of sp³-hybridized carbons (Fsp3) is 0.429. The Hall–Kier alpha value is -1.92. The zero-order chi connectivity index (χ0) is 15.5. The molecule has 0 aromatic carbocycles. The standard InChI is InChI=1S/C10H14O2.C4H6O4/c1-3-4-8-5-6-9(11)10(7-8)12-2;5-3(6)1-2-4(7)8/h3,5-7,9-11H,1,4H2,2H3;1-2H2,(H,5,6)(H,7,8). The number of carbonyl (C=O) groups is 2. The minimum absolute atomic E-state index is 0.204. The van der Waals surface area contributed by atoms with E-state index in [4.69, 9.17) is 14.9 Å². The number of aliphatic carboxylic acids is 2. The fourth-order valence-corrected chi connectivity index (χ4v) is 1.42. The van der Waals surface area contributed by atoms with Gasteiger partial charge in [-0.2, -0.15) is 0 Å². The number of hydrogen-bond donors (Lipinski definition) is 3. The van der Waals surface area contributed by atoms with Gasteiger partial charge in [0.2, 0.25) is 0 Å². The Morgan fingerprint density at radius 1 is 1.35 bits per heavy atom. The summed E-state index contributed by atoms with van der Waals surface area (Å²) >= 11 is 0. The van der Waals surface area contributed by atoms with Gasteiger partial charge < -0.3 is 20.1 Å². The lowest BCUT2D eigenvalue weighted by Gasteiger charge is -2.20. The van der Waals surface area contributed by atoms with Crippen molar-refractivity contribution < 1.29 is 29.6 Å². The predicted octanol–water partition coefficient (Wildman–Crippen LogP) is 1.37. The average molecular weight is 284 g/mol. The second kappa shape index (κ2) is 9.94. The average Bonchev–Trinajstić information content (AvgIpc) is 2.39. The Kier molecular flexibility index (Phi) is 8.98. The number of carboxylic acid groups (broad SMARTS) is 2. The maximum Gasteiger partial charge on any atom is 0.303 e. The molecule has 6 nitrogen and oxygen atoms in total. The van der Waals surface area contributed by atoms with Crippen LogP contribution in [0.3, 0.4) is 0 Å². The summed E-state index contributed by atoms with van der Waals surface area (Å²) in [6.07, 6.45) is 6.92. The van der Waals surface area contributed by atoms with Crippen molar-refractivity contribution in [3.05, 3.63) is 36.5 Å². The Bertz CT molecular complexity index is 382. The first-order valence-electron chi connectivity index (χ1n) is 6.05. The maximum absolute atomic E-state index is 9.64. The molecule has 0 aromatic heterocycles. The summed E-state index contributed by atoms with van der Waals surface area (Å²) in [5, 5.41) is 25.2. The molecule has 1 aliphatic rings. The molecule has 6 heteroatoms. The van der Waals surface area contributed by atoms with E-state index in [2.05, 4.69) is 6.58 Å². The summed E-state index contributed by atoms with van der Waals surface area (Å²) in [6, 6.07) is 0. The number of aliphatic hydroxyl groups excluding tert-OH is 1. The van der Waals surface area contributed by atoms with Crippen LogP contribution in [0.2, 0.25) is 0 Å². The van der Waals surface area contributed by atoms with Crippen LogP contribution in [0.15, 0.2) is 36.5 Å².